The van der Waals surface area contributed by atoms with Crippen molar-refractivity contribution in [1.29, 1.82) is 0 Å². The molecule has 2 rings (SSSR count). The molecule has 1 atom stereocenters. The van der Waals surface area contributed by atoms with Crippen LogP contribution in [0.25, 0.3) is 0 Å². The van der Waals surface area contributed by atoms with Crippen LogP contribution in [0.4, 0.5) is 0 Å². The van der Waals surface area contributed by atoms with Crippen LogP contribution < -0.4 is 11.3 Å². The van der Waals surface area contributed by atoms with E-state index in [9.17, 15) is 0 Å². The number of nitrogens with one attached hydrogen (secondary N) is 1. The van der Waals surface area contributed by atoms with E-state index < -0.39 is 0 Å². The summed E-state index contributed by atoms with van der Waals surface area (Å²) in [5.41, 5.74) is 5.69. The minimum atomic E-state index is 0.165. The largest absolute Gasteiger partial charge is 0.271 e. The van der Waals surface area contributed by atoms with Gasteiger partial charge in [-0.2, -0.15) is 0 Å². The number of hydrogen-bond donors (Lipinski definition) is 2. The van der Waals surface area contributed by atoms with Gasteiger partial charge < -0.3 is 0 Å². The smallest absolute Gasteiger partial charge is 0.0795 e. The summed E-state index contributed by atoms with van der Waals surface area (Å²) in [5.74, 6) is 5.52. The van der Waals surface area contributed by atoms with Crippen LogP contribution in [0.3, 0.4) is 0 Å². The van der Waals surface area contributed by atoms with E-state index in [2.05, 4.69) is 27.9 Å². The molecule has 15 heavy (non-hydrogen) atoms. The average Bonchev–Trinajstić information content (AvgIpc) is 2.90. The first kappa shape index (κ1) is 10.8. The van der Waals surface area contributed by atoms with Crippen molar-refractivity contribution < 1.29 is 0 Å². The molecule has 3 N–H and O–H groups in total. The lowest BCUT2D eigenvalue weighted by atomic mass is 10.1. The van der Waals surface area contributed by atoms with Crippen molar-refractivity contribution in [2.75, 3.05) is 0 Å². The van der Waals surface area contributed by atoms with Crippen LogP contribution in [0.2, 0.25) is 0 Å². The summed E-state index contributed by atoms with van der Waals surface area (Å²) in [7, 11) is 0. The highest BCUT2D eigenvalue weighted by Crippen LogP contribution is 2.20. The van der Waals surface area contributed by atoms with Gasteiger partial charge in [-0.15, -0.1) is 22.7 Å². The van der Waals surface area contributed by atoms with Gasteiger partial charge in [0.1, 0.15) is 0 Å². The van der Waals surface area contributed by atoms with Crippen molar-refractivity contribution in [3.05, 3.63) is 39.0 Å². The Morgan fingerprint density at radius 3 is 3.07 bits per heavy atom. The predicted octanol–water partition coefficient (Wildman–Crippen LogP) is 2.34. The van der Waals surface area contributed by atoms with E-state index in [0.717, 1.165) is 18.5 Å². The third-order valence-corrected chi connectivity index (χ3v) is 3.81. The van der Waals surface area contributed by atoms with Crippen molar-refractivity contribution in [1.82, 2.24) is 10.4 Å². The van der Waals surface area contributed by atoms with Gasteiger partial charge in [0.25, 0.3) is 0 Å². The molecule has 0 aliphatic rings. The number of nitrogens with two attached hydrogens (primary N) is 1. The number of rotatable bonds is 5. The van der Waals surface area contributed by atoms with Gasteiger partial charge in [0, 0.05) is 10.3 Å². The molecule has 0 bridgehead atoms. The van der Waals surface area contributed by atoms with Crippen molar-refractivity contribution in [2.45, 2.75) is 18.9 Å². The molecule has 0 saturated heterocycles. The van der Waals surface area contributed by atoms with Gasteiger partial charge in [0.2, 0.25) is 0 Å². The topological polar surface area (TPSA) is 50.9 Å². The van der Waals surface area contributed by atoms with Crippen molar-refractivity contribution in [2.24, 2.45) is 5.84 Å². The van der Waals surface area contributed by atoms with Crippen LogP contribution in [0.5, 0.6) is 0 Å². The Balaban J connectivity index is 1.92. The van der Waals surface area contributed by atoms with Crippen molar-refractivity contribution >= 4 is 22.7 Å². The molecule has 0 aliphatic heterocycles. The maximum atomic E-state index is 5.52. The molecule has 3 nitrogen and oxygen atoms in total. The highest BCUT2D eigenvalue weighted by atomic mass is 32.1. The highest BCUT2D eigenvalue weighted by Gasteiger charge is 2.11. The first-order chi connectivity index (χ1) is 7.40. The van der Waals surface area contributed by atoms with Gasteiger partial charge in [-0.3, -0.25) is 11.3 Å². The predicted molar refractivity (Wildman–Crippen MR) is 64.8 cm³/mol. The number of thiophene rings is 1. The summed E-state index contributed by atoms with van der Waals surface area (Å²) in [6, 6.07) is 4.39. The fraction of sp³-hybridized carbons (Fsp3) is 0.300. The first-order valence-corrected chi connectivity index (χ1v) is 6.59. The van der Waals surface area contributed by atoms with E-state index in [1.54, 1.807) is 22.7 Å². The maximum Gasteiger partial charge on any atom is 0.0795 e. The van der Waals surface area contributed by atoms with E-state index in [4.69, 9.17) is 5.84 Å². The molecule has 2 heterocycles. The number of hydrogen-bond acceptors (Lipinski definition) is 5. The van der Waals surface area contributed by atoms with Crippen LogP contribution in [0.15, 0.2) is 28.4 Å². The van der Waals surface area contributed by atoms with E-state index in [1.807, 2.05) is 10.9 Å². The molecule has 2 aromatic heterocycles. The second-order valence-corrected chi connectivity index (χ2v) is 5.00. The van der Waals surface area contributed by atoms with E-state index in [0.29, 0.717) is 0 Å². The summed E-state index contributed by atoms with van der Waals surface area (Å²) in [6.45, 7) is 0. The van der Waals surface area contributed by atoms with Crippen LogP contribution in [-0.2, 0) is 6.42 Å². The van der Waals surface area contributed by atoms with Gasteiger partial charge in [-0.25, -0.2) is 4.98 Å². The van der Waals surface area contributed by atoms with E-state index >= 15 is 0 Å². The molecule has 0 spiro atoms. The molecule has 0 fully saturated rings. The summed E-state index contributed by atoms with van der Waals surface area (Å²) >= 11 is 3.39. The average molecular weight is 239 g/mol. The summed E-state index contributed by atoms with van der Waals surface area (Å²) in [4.78, 5) is 5.66. The number of hydrazine groups is 1. The zero-order valence-electron chi connectivity index (χ0n) is 8.22. The standard InChI is InChI=1S/C10H13N3S2/c11-13-9(10-6-14-7-12-10)4-3-8-2-1-5-15-8/h1-2,5-7,9,13H,3-4,11H2. The fourth-order valence-corrected chi connectivity index (χ4v) is 2.78. The zero-order chi connectivity index (χ0) is 10.5. The fourth-order valence-electron chi connectivity index (χ4n) is 1.45. The lowest BCUT2D eigenvalue weighted by molar-refractivity contribution is 0.508. The second kappa shape index (κ2) is 5.37. The Bertz CT molecular complexity index is 369. The van der Waals surface area contributed by atoms with Crippen molar-refractivity contribution in [3.8, 4) is 0 Å². The maximum absolute atomic E-state index is 5.52. The molecule has 0 radical (unpaired) electrons. The molecule has 0 aliphatic carbocycles. The third-order valence-electron chi connectivity index (χ3n) is 2.27. The molecular formula is C10H13N3S2. The number of aryl methyl sites for hydroxylation is 1. The minimum Gasteiger partial charge on any atom is -0.271 e. The number of thiazole rings is 1. The SMILES string of the molecule is NNC(CCc1cccs1)c1cscn1. The zero-order valence-corrected chi connectivity index (χ0v) is 9.85. The molecule has 80 valence electrons. The summed E-state index contributed by atoms with van der Waals surface area (Å²) in [5, 5.41) is 4.14. The normalized spacial score (nSPS) is 12.9. The molecule has 0 amide bonds. The van der Waals surface area contributed by atoms with Crippen LogP contribution >= 0.6 is 22.7 Å². The molecular weight excluding hydrogens is 226 g/mol. The Labute approximate surface area is 96.9 Å². The quantitative estimate of drug-likeness (QED) is 0.622. The minimum absolute atomic E-state index is 0.165. The lowest BCUT2D eigenvalue weighted by Crippen LogP contribution is -2.28. The van der Waals surface area contributed by atoms with Gasteiger partial charge >= 0.3 is 0 Å². The van der Waals surface area contributed by atoms with Crippen LogP contribution in [0.1, 0.15) is 23.0 Å². The Morgan fingerprint density at radius 1 is 1.53 bits per heavy atom. The molecule has 1 unspecified atom stereocenters. The molecule has 0 aromatic carbocycles. The van der Waals surface area contributed by atoms with E-state index in [1.165, 1.54) is 4.88 Å². The van der Waals surface area contributed by atoms with Crippen LogP contribution in [0, 0.1) is 0 Å². The van der Waals surface area contributed by atoms with Gasteiger partial charge in [0.05, 0.1) is 17.2 Å². The molecule has 2 aromatic rings. The van der Waals surface area contributed by atoms with Gasteiger partial charge in [-0.05, 0) is 24.3 Å². The highest BCUT2D eigenvalue weighted by molar-refractivity contribution is 7.09. The monoisotopic (exact) mass is 239 g/mol. The molecule has 5 heteroatoms. The first-order valence-electron chi connectivity index (χ1n) is 4.76. The second-order valence-electron chi connectivity index (χ2n) is 3.25. The summed E-state index contributed by atoms with van der Waals surface area (Å²) in [6.07, 6.45) is 2.03. The Kier molecular flexibility index (Phi) is 3.85. The third kappa shape index (κ3) is 2.85. The van der Waals surface area contributed by atoms with Crippen LogP contribution in [-0.4, -0.2) is 4.98 Å². The number of aromatic nitrogens is 1. The Hall–Kier alpha value is -0.750. The van der Waals surface area contributed by atoms with E-state index in [-0.39, 0.29) is 6.04 Å². The lowest BCUT2D eigenvalue weighted by Gasteiger charge is -2.12. The Morgan fingerprint density at radius 2 is 2.47 bits per heavy atom. The van der Waals surface area contributed by atoms with Gasteiger partial charge in [-0.1, -0.05) is 6.07 Å². The van der Waals surface area contributed by atoms with Gasteiger partial charge in [0.15, 0.2) is 0 Å². The van der Waals surface area contributed by atoms with Crippen molar-refractivity contribution in [3.63, 3.8) is 0 Å². The summed E-state index contributed by atoms with van der Waals surface area (Å²) < 4.78 is 0. The molecule has 0 saturated carbocycles. The number of nitrogens with zero attached hydrogens (tertiary/aromatic N) is 1.